The van der Waals surface area contributed by atoms with Gasteiger partial charge in [-0.3, -0.25) is 14.9 Å². The molecule has 0 aliphatic rings. The maximum atomic E-state index is 12.1. The van der Waals surface area contributed by atoms with Crippen molar-refractivity contribution >= 4 is 22.4 Å². The van der Waals surface area contributed by atoms with Crippen LogP contribution in [0.2, 0.25) is 0 Å². The van der Waals surface area contributed by atoms with Gasteiger partial charge >= 0.3 is 0 Å². The lowest BCUT2D eigenvalue weighted by Gasteiger charge is -2.09. The summed E-state index contributed by atoms with van der Waals surface area (Å²) in [5.74, 6) is -0.372. The molecule has 128 valence electrons. The summed E-state index contributed by atoms with van der Waals surface area (Å²) in [4.78, 5) is 24.2. The second-order valence-electron chi connectivity index (χ2n) is 5.71. The fourth-order valence-electron chi connectivity index (χ4n) is 2.45. The number of aromatic nitrogens is 4. The lowest BCUT2D eigenvalue weighted by atomic mass is 10.0. The number of nitrogens with zero attached hydrogens (tertiary/aromatic N) is 4. The third-order valence-electron chi connectivity index (χ3n) is 3.59. The van der Waals surface area contributed by atoms with Gasteiger partial charge in [0, 0.05) is 11.6 Å². The molecule has 3 aromatic rings. The van der Waals surface area contributed by atoms with Crippen LogP contribution >= 0.6 is 11.3 Å². The van der Waals surface area contributed by atoms with Gasteiger partial charge in [0.15, 0.2) is 0 Å². The number of hydrogen-bond acceptors (Lipinski definition) is 6. The molecule has 0 atom stereocenters. The second kappa shape index (κ2) is 6.94. The Morgan fingerprint density at radius 2 is 1.96 bits per heavy atom. The molecule has 8 heteroatoms. The van der Waals surface area contributed by atoms with Crippen molar-refractivity contribution in [2.45, 2.75) is 27.3 Å². The third kappa shape index (κ3) is 3.97. The van der Waals surface area contributed by atoms with E-state index in [0.29, 0.717) is 10.8 Å². The van der Waals surface area contributed by atoms with Gasteiger partial charge in [0.2, 0.25) is 11.0 Å². The van der Waals surface area contributed by atoms with Gasteiger partial charge in [-0.1, -0.05) is 35.1 Å². The van der Waals surface area contributed by atoms with E-state index in [1.165, 1.54) is 17.4 Å². The molecular formula is C17H17N5O2S. The van der Waals surface area contributed by atoms with Crippen LogP contribution in [0.25, 0.3) is 11.3 Å². The topological polar surface area (TPSA) is 89.8 Å². The van der Waals surface area contributed by atoms with Crippen molar-refractivity contribution in [1.82, 2.24) is 20.0 Å². The minimum atomic E-state index is -0.372. The largest absolute Gasteiger partial charge is 0.299 e. The van der Waals surface area contributed by atoms with Crippen molar-refractivity contribution in [3.8, 4) is 11.3 Å². The first-order valence-electron chi connectivity index (χ1n) is 7.68. The summed E-state index contributed by atoms with van der Waals surface area (Å²) in [7, 11) is 0. The second-order valence-corrected chi connectivity index (χ2v) is 6.89. The van der Waals surface area contributed by atoms with E-state index in [4.69, 9.17) is 0 Å². The SMILES string of the molecule is Cc1ccc(-c2ccc(=O)n(CC(=O)Nc3nnc(C)s3)n2)c(C)c1. The standard InChI is InChI=1S/C17H17N5O2S/c1-10-4-5-13(11(2)8-10)14-6-7-16(24)22(21-14)9-15(23)18-17-20-19-12(3)25-17/h4-8H,9H2,1-3H3,(H,18,20,23). The smallest absolute Gasteiger partial charge is 0.267 e. The van der Waals surface area contributed by atoms with E-state index in [1.54, 1.807) is 13.0 Å². The van der Waals surface area contributed by atoms with Gasteiger partial charge in [-0.15, -0.1) is 10.2 Å². The van der Waals surface area contributed by atoms with Gasteiger partial charge in [0.25, 0.3) is 5.56 Å². The number of carbonyl (C=O) groups excluding carboxylic acids is 1. The number of carbonyl (C=O) groups is 1. The van der Waals surface area contributed by atoms with E-state index in [9.17, 15) is 9.59 Å². The first kappa shape index (κ1) is 17.0. The minimum Gasteiger partial charge on any atom is -0.299 e. The molecule has 0 saturated carbocycles. The summed E-state index contributed by atoms with van der Waals surface area (Å²) in [5, 5.41) is 15.8. The molecule has 1 aromatic carbocycles. The third-order valence-corrected chi connectivity index (χ3v) is 4.34. The predicted octanol–water partition coefficient (Wildman–Crippen LogP) is 2.33. The van der Waals surface area contributed by atoms with Crippen LogP contribution in [0.5, 0.6) is 0 Å². The quantitative estimate of drug-likeness (QED) is 0.776. The molecule has 0 fully saturated rings. The van der Waals surface area contributed by atoms with Crippen LogP contribution in [0.4, 0.5) is 5.13 Å². The Balaban J connectivity index is 1.84. The number of aryl methyl sites for hydroxylation is 3. The van der Waals surface area contributed by atoms with Crippen molar-refractivity contribution in [2.75, 3.05) is 5.32 Å². The molecule has 3 rings (SSSR count). The van der Waals surface area contributed by atoms with E-state index in [-0.39, 0.29) is 18.0 Å². The van der Waals surface area contributed by atoms with Gasteiger partial charge < -0.3 is 0 Å². The van der Waals surface area contributed by atoms with Crippen LogP contribution < -0.4 is 10.9 Å². The molecule has 0 saturated heterocycles. The first-order chi connectivity index (χ1) is 11.9. The van der Waals surface area contributed by atoms with Crippen molar-refractivity contribution in [3.63, 3.8) is 0 Å². The summed E-state index contributed by atoms with van der Waals surface area (Å²) in [6.45, 7) is 5.62. The summed E-state index contributed by atoms with van der Waals surface area (Å²) < 4.78 is 1.15. The molecule has 2 aromatic heterocycles. The van der Waals surface area contributed by atoms with E-state index >= 15 is 0 Å². The molecule has 0 unspecified atom stereocenters. The van der Waals surface area contributed by atoms with Crippen LogP contribution in [0.3, 0.4) is 0 Å². The zero-order valence-electron chi connectivity index (χ0n) is 14.1. The molecule has 7 nitrogen and oxygen atoms in total. The number of rotatable bonds is 4. The van der Waals surface area contributed by atoms with E-state index < -0.39 is 0 Å². The van der Waals surface area contributed by atoms with Crippen molar-refractivity contribution in [2.24, 2.45) is 0 Å². The van der Waals surface area contributed by atoms with Crippen LogP contribution in [-0.2, 0) is 11.3 Å². The maximum absolute atomic E-state index is 12.1. The lowest BCUT2D eigenvalue weighted by molar-refractivity contribution is -0.117. The summed E-state index contributed by atoms with van der Waals surface area (Å²) in [6, 6.07) is 9.10. The van der Waals surface area contributed by atoms with Gasteiger partial charge in [-0.05, 0) is 32.4 Å². The van der Waals surface area contributed by atoms with Gasteiger partial charge in [-0.25, -0.2) is 4.68 Å². The molecule has 0 radical (unpaired) electrons. The van der Waals surface area contributed by atoms with Crippen LogP contribution in [0, 0.1) is 20.8 Å². The van der Waals surface area contributed by atoms with Gasteiger partial charge in [-0.2, -0.15) is 5.10 Å². The molecule has 1 amide bonds. The number of anilines is 1. The maximum Gasteiger partial charge on any atom is 0.267 e. The molecular weight excluding hydrogens is 338 g/mol. The zero-order valence-corrected chi connectivity index (χ0v) is 14.9. The summed E-state index contributed by atoms with van der Waals surface area (Å²) in [5.41, 5.74) is 3.46. The van der Waals surface area contributed by atoms with E-state index in [1.807, 2.05) is 26.0 Å². The van der Waals surface area contributed by atoms with Gasteiger partial charge in [0.1, 0.15) is 11.6 Å². The van der Waals surface area contributed by atoms with E-state index in [0.717, 1.165) is 26.4 Å². The van der Waals surface area contributed by atoms with Crippen molar-refractivity contribution < 1.29 is 4.79 Å². The Labute approximate surface area is 148 Å². The minimum absolute atomic E-state index is 0.184. The molecule has 1 N–H and O–H groups in total. The van der Waals surface area contributed by atoms with Crippen LogP contribution in [0.1, 0.15) is 16.1 Å². The molecule has 25 heavy (non-hydrogen) atoms. The Morgan fingerprint density at radius 3 is 2.64 bits per heavy atom. The van der Waals surface area contributed by atoms with Crippen LogP contribution in [-0.4, -0.2) is 25.9 Å². The molecule has 0 bridgehead atoms. The number of amides is 1. The number of hydrogen-bond donors (Lipinski definition) is 1. The molecule has 0 aliphatic carbocycles. The Morgan fingerprint density at radius 1 is 1.16 bits per heavy atom. The average Bonchev–Trinajstić information content (AvgIpc) is 2.94. The summed E-state index contributed by atoms with van der Waals surface area (Å²) in [6.07, 6.45) is 0. The highest BCUT2D eigenvalue weighted by Crippen LogP contribution is 2.21. The van der Waals surface area contributed by atoms with Gasteiger partial charge in [0.05, 0.1) is 5.69 Å². The highest BCUT2D eigenvalue weighted by atomic mass is 32.1. The monoisotopic (exact) mass is 355 g/mol. The molecule has 0 aliphatic heterocycles. The Kier molecular flexibility index (Phi) is 4.71. The summed E-state index contributed by atoms with van der Waals surface area (Å²) >= 11 is 1.27. The fourth-order valence-corrected chi connectivity index (χ4v) is 3.06. The van der Waals surface area contributed by atoms with E-state index in [2.05, 4.69) is 26.7 Å². The van der Waals surface area contributed by atoms with Crippen molar-refractivity contribution in [1.29, 1.82) is 0 Å². The number of benzene rings is 1. The molecule has 2 heterocycles. The fraction of sp³-hybridized carbons (Fsp3) is 0.235. The Hall–Kier alpha value is -2.87. The number of nitrogens with one attached hydrogen (secondary N) is 1. The Bertz CT molecular complexity index is 993. The molecule has 0 spiro atoms. The normalized spacial score (nSPS) is 10.7. The lowest BCUT2D eigenvalue weighted by Crippen LogP contribution is -2.29. The van der Waals surface area contributed by atoms with Crippen LogP contribution in [0.15, 0.2) is 35.1 Å². The zero-order chi connectivity index (χ0) is 18.0. The van der Waals surface area contributed by atoms with Crippen molar-refractivity contribution in [3.05, 3.63) is 56.8 Å². The first-order valence-corrected chi connectivity index (χ1v) is 8.50. The highest BCUT2D eigenvalue weighted by molar-refractivity contribution is 7.15. The average molecular weight is 355 g/mol. The highest BCUT2D eigenvalue weighted by Gasteiger charge is 2.11. The predicted molar refractivity (Wildman–Crippen MR) is 96.7 cm³/mol.